The van der Waals surface area contributed by atoms with E-state index in [1.54, 1.807) is 0 Å². The van der Waals surface area contributed by atoms with Gasteiger partial charge in [0.05, 0.1) is 0 Å². The van der Waals surface area contributed by atoms with E-state index in [1.807, 2.05) is 0 Å². The van der Waals surface area contributed by atoms with Gasteiger partial charge in [0.25, 0.3) is 0 Å². The Morgan fingerprint density at radius 2 is 1.43 bits per heavy atom. The Morgan fingerprint density at radius 1 is 1.00 bits per heavy atom. The van der Waals surface area contributed by atoms with Gasteiger partial charge in [0.2, 0.25) is 0 Å². The van der Waals surface area contributed by atoms with E-state index in [-0.39, 0.29) is 5.41 Å². The summed E-state index contributed by atoms with van der Waals surface area (Å²) in [7, 11) is 0. The van der Waals surface area contributed by atoms with Crippen LogP contribution in [0.1, 0.15) is 48.5 Å². The zero-order valence-electron chi connectivity index (χ0n) is 10.9. The molecule has 0 nitrogen and oxygen atoms in total. The van der Waals surface area contributed by atoms with Crippen LogP contribution in [0.15, 0.2) is 18.4 Å². The molecule has 0 radical (unpaired) electrons. The average molecular weight is 194 g/mol. The molecule has 0 heterocycles. The monoisotopic (exact) mass is 194 g/mol. The third-order valence-electron chi connectivity index (χ3n) is 3.20. The Labute approximate surface area is 90.1 Å². The van der Waals surface area contributed by atoms with Crippen molar-refractivity contribution in [1.82, 2.24) is 0 Å². The minimum absolute atomic E-state index is 0.289. The normalized spacial score (nSPS) is 17.1. The Hall–Kier alpha value is -0.480. The molecule has 2 atom stereocenters. The summed E-state index contributed by atoms with van der Waals surface area (Å²) < 4.78 is 0. The summed E-state index contributed by atoms with van der Waals surface area (Å²) in [5.74, 6) is 1.18. The maximum atomic E-state index is 3.70. The van der Waals surface area contributed by atoms with E-state index in [4.69, 9.17) is 0 Å². The molecule has 0 fully saturated rings. The van der Waals surface area contributed by atoms with Crippen molar-refractivity contribution in [2.24, 2.45) is 22.7 Å². The van der Waals surface area contributed by atoms with Crippen LogP contribution in [-0.4, -0.2) is 0 Å². The van der Waals surface area contributed by atoms with E-state index < -0.39 is 0 Å². The molecule has 0 aromatic carbocycles. The van der Waals surface area contributed by atoms with Gasteiger partial charge in [-0.2, -0.15) is 0 Å². The summed E-state index contributed by atoms with van der Waals surface area (Å²) in [6.07, 6.45) is 2.13. The molecule has 0 saturated carbocycles. The molecule has 0 aromatic rings. The molecule has 0 rings (SSSR count). The predicted molar refractivity (Wildman–Crippen MR) is 65.3 cm³/mol. The first-order valence-electron chi connectivity index (χ1n) is 5.46. The molecule has 0 bridgehead atoms. The highest BCUT2D eigenvalue weighted by atomic mass is 14.4. The van der Waals surface area contributed by atoms with Gasteiger partial charge >= 0.3 is 0 Å². The molecule has 2 unspecified atom stereocenters. The molecule has 0 saturated heterocycles. The van der Waals surface area contributed by atoms with Gasteiger partial charge in [-0.05, 0) is 28.7 Å². The second-order valence-electron chi connectivity index (χ2n) is 6.42. The summed E-state index contributed by atoms with van der Waals surface area (Å²) in [6, 6.07) is 0. The smallest absolute Gasteiger partial charge is 0.00783 e. The Bertz CT molecular complexity index is 215. The molecular formula is C14H26. The van der Waals surface area contributed by atoms with Crippen molar-refractivity contribution in [3.8, 4) is 0 Å². The zero-order valence-corrected chi connectivity index (χ0v) is 10.9. The zero-order chi connectivity index (χ0) is 11.6. The van der Waals surface area contributed by atoms with Crippen molar-refractivity contribution < 1.29 is 0 Å². The number of rotatable bonds is 2. The standard InChI is InChI=1S/C14H26/c1-9-10-12(14(6,7)8)11(2)13(3,4)5/h10-12H,1H2,2-8H3. The topological polar surface area (TPSA) is 0 Å². The first-order valence-corrected chi connectivity index (χ1v) is 5.46. The average Bonchev–Trinajstić information content (AvgIpc) is 1.94. The van der Waals surface area contributed by atoms with Crippen LogP contribution in [0.4, 0.5) is 0 Å². The van der Waals surface area contributed by atoms with Crippen LogP contribution in [0.3, 0.4) is 0 Å². The van der Waals surface area contributed by atoms with Crippen LogP contribution < -0.4 is 0 Å². The number of hydrogen-bond acceptors (Lipinski definition) is 0. The lowest BCUT2D eigenvalue weighted by Gasteiger charge is -2.40. The van der Waals surface area contributed by atoms with Crippen molar-refractivity contribution >= 4 is 0 Å². The highest BCUT2D eigenvalue weighted by molar-refractivity contribution is 4.96. The molecular weight excluding hydrogens is 168 g/mol. The highest BCUT2D eigenvalue weighted by Crippen LogP contribution is 2.41. The Balaban J connectivity index is 4.95. The summed E-state index contributed by atoms with van der Waals surface area (Å²) in [6.45, 7) is 19.8. The molecule has 82 valence electrons. The van der Waals surface area contributed by atoms with E-state index in [1.165, 1.54) is 0 Å². The van der Waals surface area contributed by atoms with Crippen molar-refractivity contribution in [3.05, 3.63) is 18.4 Å². The number of hydrogen-bond donors (Lipinski definition) is 0. The third-order valence-corrected chi connectivity index (χ3v) is 3.20. The highest BCUT2D eigenvalue weighted by Gasteiger charge is 2.34. The molecule has 0 aliphatic carbocycles. The van der Waals surface area contributed by atoms with Crippen molar-refractivity contribution in [3.63, 3.8) is 0 Å². The summed E-state index contributed by atoms with van der Waals surface area (Å²) in [4.78, 5) is 0. The van der Waals surface area contributed by atoms with Crippen LogP contribution in [0, 0.1) is 22.7 Å². The second kappa shape index (κ2) is 4.36. The van der Waals surface area contributed by atoms with E-state index in [0.717, 1.165) is 0 Å². The van der Waals surface area contributed by atoms with Gasteiger partial charge in [-0.15, -0.1) is 5.73 Å². The Morgan fingerprint density at radius 3 is 1.64 bits per heavy atom. The summed E-state index contributed by atoms with van der Waals surface area (Å²) in [5, 5.41) is 0. The molecule has 0 N–H and O–H groups in total. The van der Waals surface area contributed by atoms with E-state index >= 15 is 0 Å². The van der Waals surface area contributed by atoms with E-state index in [0.29, 0.717) is 17.3 Å². The largest absolute Gasteiger partial charge is 0.133 e. The lowest BCUT2D eigenvalue weighted by Crippen LogP contribution is -2.32. The summed E-state index contributed by atoms with van der Waals surface area (Å²) in [5.41, 5.74) is 3.58. The van der Waals surface area contributed by atoms with Crippen LogP contribution in [-0.2, 0) is 0 Å². The fraction of sp³-hybridized carbons (Fsp3) is 0.786. The quantitative estimate of drug-likeness (QED) is 0.560. The first-order chi connectivity index (χ1) is 6.10. The van der Waals surface area contributed by atoms with Crippen molar-refractivity contribution in [1.29, 1.82) is 0 Å². The predicted octanol–water partition coefficient (Wildman–Crippen LogP) is 4.67. The fourth-order valence-corrected chi connectivity index (χ4v) is 1.81. The lowest BCUT2D eigenvalue weighted by molar-refractivity contribution is 0.121. The lowest BCUT2D eigenvalue weighted by atomic mass is 9.65. The van der Waals surface area contributed by atoms with Crippen LogP contribution in [0.25, 0.3) is 0 Å². The molecule has 14 heavy (non-hydrogen) atoms. The van der Waals surface area contributed by atoms with Gasteiger partial charge < -0.3 is 0 Å². The van der Waals surface area contributed by atoms with Gasteiger partial charge in [-0.3, -0.25) is 0 Å². The van der Waals surface area contributed by atoms with Crippen molar-refractivity contribution in [2.45, 2.75) is 48.5 Å². The van der Waals surface area contributed by atoms with Crippen LogP contribution in [0.5, 0.6) is 0 Å². The fourth-order valence-electron chi connectivity index (χ4n) is 1.81. The van der Waals surface area contributed by atoms with Gasteiger partial charge in [0, 0.05) is 0 Å². The van der Waals surface area contributed by atoms with Crippen molar-refractivity contribution in [2.75, 3.05) is 0 Å². The van der Waals surface area contributed by atoms with Gasteiger partial charge in [0.1, 0.15) is 0 Å². The maximum Gasteiger partial charge on any atom is -0.00783 e. The van der Waals surface area contributed by atoms with Crippen LogP contribution >= 0.6 is 0 Å². The SMILES string of the molecule is C=C=CC(C(C)C(C)(C)C)C(C)(C)C. The maximum absolute atomic E-state index is 3.70. The first kappa shape index (κ1) is 13.5. The Kier molecular flexibility index (Phi) is 4.21. The van der Waals surface area contributed by atoms with E-state index in [2.05, 4.69) is 66.9 Å². The molecule has 0 aliphatic heterocycles. The minimum atomic E-state index is 0.289. The molecule has 0 aliphatic rings. The van der Waals surface area contributed by atoms with E-state index in [9.17, 15) is 0 Å². The molecule has 0 amide bonds. The third kappa shape index (κ3) is 3.72. The summed E-state index contributed by atoms with van der Waals surface area (Å²) >= 11 is 0. The number of allylic oxidation sites excluding steroid dienone is 1. The van der Waals surface area contributed by atoms with Gasteiger partial charge in [-0.25, -0.2) is 0 Å². The molecule has 0 heteroatoms. The second-order valence-corrected chi connectivity index (χ2v) is 6.42. The minimum Gasteiger partial charge on any atom is -0.133 e. The molecule has 0 aromatic heterocycles. The van der Waals surface area contributed by atoms with Gasteiger partial charge in [-0.1, -0.05) is 55.0 Å². The molecule has 0 spiro atoms. The van der Waals surface area contributed by atoms with Crippen LogP contribution in [0.2, 0.25) is 0 Å². The van der Waals surface area contributed by atoms with Gasteiger partial charge in [0.15, 0.2) is 0 Å².